The van der Waals surface area contributed by atoms with Crippen LogP contribution in [-0.4, -0.2) is 42.6 Å². The zero-order valence-corrected chi connectivity index (χ0v) is 23.6. The van der Waals surface area contributed by atoms with Crippen molar-refractivity contribution in [3.05, 3.63) is 113 Å². The zero-order chi connectivity index (χ0) is 30.6. The number of nitrogens with one attached hydrogen (secondary N) is 1. The number of nitrogens with zero attached hydrogens (tertiary/aromatic N) is 3. The largest absolute Gasteiger partial charge is 0.496 e. The fourth-order valence-electron chi connectivity index (χ4n) is 4.65. The zero-order valence-electron chi connectivity index (χ0n) is 23.6. The van der Waals surface area contributed by atoms with E-state index in [4.69, 9.17) is 23.6 Å². The lowest BCUT2D eigenvalue weighted by molar-refractivity contribution is -0.118. The molecule has 0 aliphatic carbocycles. The second kappa shape index (κ2) is 12.1. The number of para-hydroxylation sites is 2. The van der Waals surface area contributed by atoms with Crippen LogP contribution >= 0.6 is 0 Å². The molecule has 11 heteroatoms. The van der Waals surface area contributed by atoms with Gasteiger partial charge in [-0.15, -0.1) is 0 Å². The third-order valence-electron chi connectivity index (χ3n) is 6.73. The van der Waals surface area contributed by atoms with Gasteiger partial charge in [0.2, 0.25) is 5.82 Å². The number of aromatic nitrogens is 2. The van der Waals surface area contributed by atoms with Gasteiger partial charge in [-0.25, -0.2) is 9.37 Å². The number of carbonyl (C=O) groups excluding carboxylic acids is 1. The summed E-state index contributed by atoms with van der Waals surface area (Å²) in [5.41, 5.74) is 1.46. The van der Waals surface area contributed by atoms with Gasteiger partial charge in [0.1, 0.15) is 17.1 Å². The predicted octanol–water partition coefficient (Wildman–Crippen LogP) is 5.87. The van der Waals surface area contributed by atoms with Gasteiger partial charge < -0.3 is 23.9 Å². The molecule has 1 N–H and O–H groups in total. The molecule has 4 aromatic carbocycles. The van der Waals surface area contributed by atoms with E-state index in [-0.39, 0.29) is 18.2 Å². The summed E-state index contributed by atoms with van der Waals surface area (Å²) in [6.45, 7) is -0.373. The second-order valence-electron chi connectivity index (χ2n) is 9.52. The Labute approximate surface area is 249 Å². The lowest BCUT2D eigenvalue weighted by Crippen LogP contribution is -2.21. The van der Waals surface area contributed by atoms with Crippen LogP contribution in [0, 0.1) is 5.82 Å². The van der Waals surface area contributed by atoms with Crippen molar-refractivity contribution in [1.82, 2.24) is 9.66 Å². The minimum atomic E-state index is -0.469. The van der Waals surface area contributed by atoms with Crippen molar-refractivity contribution in [3.63, 3.8) is 0 Å². The second-order valence-corrected chi connectivity index (χ2v) is 9.52. The van der Waals surface area contributed by atoms with E-state index >= 15 is 0 Å². The summed E-state index contributed by atoms with van der Waals surface area (Å²) in [5, 5.41) is 8.23. The van der Waals surface area contributed by atoms with Crippen LogP contribution in [0.4, 0.5) is 10.1 Å². The Morgan fingerprint density at radius 2 is 1.70 bits per heavy atom. The van der Waals surface area contributed by atoms with Gasteiger partial charge in [-0.3, -0.25) is 9.59 Å². The highest BCUT2D eigenvalue weighted by molar-refractivity contribution is 5.92. The Hall–Kier alpha value is -5.97. The summed E-state index contributed by atoms with van der Waals surface area (Å²) in [5.74, 6) is 0.777. The van der Waals surface area contributed by atoms with Gasteiger partial charge in [0.15, 0.2) is 23.9 Å². The highest BCUT2D eigenvalue weighted by atomic mass is 19.1. The number of halogens is 1. The van der Waals surface area contributed by atoms with Crippen molar-refractivity contribution in [2.75, 3.05) is 26.1 Å². The number of anilines is 1. The molecule has 0 saturated carbocycles. The maximum Gasteiger partial charge on any atom is 0.282 e. The molecule has 0 bridgehead atoms. The number of methoxy groups -OCH3 is 2. The van der Waals surface area contributed by atoms with Crippen LogP contribution < -0.4 is 25.1 Å². The Balaban J connectivity index is 1.38. The molecule has 0 spiro atoms. The van der Waals surface area contributed by atoms with Gasteiger partial charge in [0.05, 0.1) is 36.7 Å². The number of carbonyl (C=O) groups is 1. The first-order chi connectivity index (χ1) is 21.4. The Bertz CT molecular complexity index is 2090. The van der Waals surface area contributed by atoms with Gasteiger partial charge in [-0.1, -0.05) is 24.3 Å². The molecule has 2 heterocycles. The SMILES string of the molecule is COc1cccc(C=Nn2c(-c3cc4c(OC)cccc4o3)nc3ccccc3c2=O)c1OCC(=O)Nc1ccc(F)cc1. The van der Waals surface area contributed by atoms with E-state index in [1.54, 1.807) is 67.8 Å². The van der Waals surface area contributed by atoms with Crippen molar-refractivity contribution < 1.29 is 27.8 Å². The lowest BCUT2D eigenvalue weighted by atomic mass is 10.2. The van der Waals surface area contributed by atoms with Crippen molar-refractivity contribution in [2.45, 2.75) is 0 Å². The molecular weight excluding hydrogens is 567 g/mol. The van der Waals surface area contributed by atoms with Crippen LogP contribution in [-0.2, 0) is 4.79 Å². The predicted molar refractivity (Wildman–Crippen MR) is 164 cm³/mol. The molecule has 1 amide bonds. The van der Waals surface area contributed by atoms with Crippen LogP contribution in [0.15, 0.2) is 105 Å². The first kappa shape index (κ1) is 28.2. The van der Waals surface area contributed by atoms with Crippen LogP contribution in [0.5, 0.6) is 17.2 Å². The standard InChI is InChI=1S/C33H25FN4O6/c1-41-26-10-6-11-27-24(26)17-29(44-27)32-37-25-9-4-3-8-23(25)33(40)38(32)35-18-20-7-5-12-28(42-2)31(20)43-19-30(39)36-22-15-13-21(34)14-16-22/h3-18H,19H2,1-2H3,(H,36,39). The van der Waals surface area contributed by atoms with E-state index in [0.29, 0.717) is 50.4 Å². The molecule has 0 unspecified atom stereocenters. The molecule has 44 heavy (non-hydrogen) atoms. The van der Waals surface area contributed by atoms with Gasteiger partial charge in [-0.2, -0.15) is 9.78 Å². The van der Waals surface area contributed by atoms with Crippen LogP contribution in [0.1, 0.15) is 5.56 Å². The average Bonchev–Trinajstić information content (AvgIpc) is 3.49. The molecule has 0 fully saturated rings. The average molecular weight is 593 g/mol. The number of hydrogen-bond acceptors (Lipinski definition) is 8. The monoisotopic (exact) mass is 592 g/mol. The minimum Gasteiger partial charge on any atom is -0.496 e. The molecule has 6 aromatic rings. The van der Waals surface area contributed by atoms with Crippen LogP contribution in [0.2, 0.25) is 0 Å². The number of furan rings is 1. The molecule has 0 radical (unpaired) electrons. The Morgan fingerprint density at radius 3 is 2.50 bits per heavy atom. The van der Waals surface area contributed by atoms with Gasteiger partial charge in [0.25, 0.3) is 11.5 Å². The highest BCUT2D eigenvalue weighted by Crippen LogP contribution is 2.33. The van der Waals surface area contributed by atoms with Crippen molar-refractivity contribution in [2.24, 2.45) is 5.10 Å². The van der Waals surface area contributed by atoms with Crippen molar-refractivity contribution in [1.29, 1.82) is 0 Å². The topological polar surface area (TPSA) is 117 Å². The summed E-state index contributed by atoms with van der Waals surface area (Å²) in [4.78, 5) is 31.0. The minimum absolute atomic E-state index is 0.173. The summed E-state index contributed by atoms with van der Waals surface area (Å²) >= 11 is 0. The van der Waals surface area contributed by atoms with E-state index < -0.39 is 17.3 Å². The van der Waals surface area contributed by atoms with Crippen molar-refractivity contribution in [3.8, 4) is 28.8 Å². The van der Waals surface area contributed by atoms with Crippen LogP contribution in [0.25, 0.3) is 33.5 Å². The van der Waals surface area contributed by atoms with E-state index in [1.807, 2.05) is 6.07 Å². The molecule has 0 aliphatic rings. The summed E-state index contributed by atoms with van der Waals surface area (Å²) in [6.07, 6.45) is 1.42. The first-order valence-corrected chi connectivity index (χ1v) is 13.4. The molecule has 10 nitrogen and oxygen atoms in total. The number of fused-ring (bicyclic) bond motifs is 2. The number of hydrogen-bond donors (Lipinski definition) is 1. The van der Waals surface area contributed by atoms with Gasteiger partial charge in [0, 0.05) is 11.3 Å². The normalized spacial score (nSPS) is 11.2. The Morgan fingerprint density at radius 1 is 0.955 bits per heavy atom. The van der Waals surface area contributed by atoms with Crippen molar-refractivity contribution >= 4 is 39.7 Å². The van der Waals surface area contributed by atoms with Gasteiger partial charge in [-0.05, 0) is 66.7 Å². The van der Waals surface area contributed by atoms with E-state index in [2.05, 4.69) is 10.4 Å². The summed E-state index contributed by atoms with van der Waals surface area (Å²) in [7, 11) is 3.03. The fraction of sp³-hybridized carbons (Fsp3) is 0.0909. The Kier molecular flexibility index (Phi) is 7.75. The first-order valence-electron chi connectivity index (χ1n) is 13.4. The van der Waals surface area contributed by atoms with E-state index in [0.717, 1.165) is 4.68 Å². The number of benzene rings is 4. The molecule has 0 saturated heterocycles. The number of rotatable bonds is 9. The van der Waals surface area contributed by atoms with E-state index in [9.17, 15) is 14.0 Å². The fourth-order valence-corrected chi connectivity index (χ4v) is 4.65. The summed E-state index contributed by atoms with van der Waals surface area (Å²) in [6, 6.07) is 24.6. The maximum absolute atomic E-state index is 13.7. The lowest BCUT2D eigenvalue weighted by Gasteiger charge is -2.13. The number of ether oxygens (including phenoxy) is 3. The molecule has 2 aromatic heterocycles. The smallest absolute Gasteiger partial charge is 0.282 e. The number of amides is 1. The quantitative estimate of drug-likeness (QED) is 0.209. The van der Waals surface area contributed by atoms with Crippen LogP contribution in [0.3, 0.4) is 0 Å². The molecule has 6 rings (SSSR count). The molecule has 0 atom stereocenters. The van der Waals surface area contributed by atoms with Gasteiger partial charge >= 0.3 is 0 Å². The molecular formula is C33H25FN4O6. The molecule has 0 aliphatic heterocycles. The molecule has 220 valence electrons. The third-order valence-corrected chi connectivity index (χ3v) is 6.73. The summed E-state index contributed by atoms with van der Waals surface area (Å²) < 4.78 is 37.2. The highest BCUT2D eigenvalue weighted by Gasteiger charge is 2.19. The third kappa shape index (κ3) is 5.58. The maximum atomic E-state index is 13.7. The van der Waals surface area contributed by atoms with E-state index in [1.165, 1.54) is 37.6 Å².